The van der Waals surface area contributed by atoms with Gasteiger partial charge in [0.15, 0.2) is 0 Å². The molecule has 1 rings (SSSR count). The van der Waals surface area contributed by atoms with Crippen molar-refractivity contribution < 1.29 is 0 Å². The predicted octanol–water partition coefficient (Wildman–Crippen LogP) is 2.35. The maximum absolute atomic E-state index is 4.35. The van der Waals surface area contributed by atoms with Crippen LogP contribution in [0.5, 0.6) is 0 Å². The van der Waals surface area contributed by atoms with Crippen LogP contribution in [0.25, 0.3) is 0 Å². The normalized spacial score (nSPS) is 22.2. The molecule has 0 saturated heterocycles. The van der Waals surface area contributed by atoms with E-state index in [0.29, 0.717) is 6.17 Å². The SMILES string of the molecule is CCCCN1C=NN(C)C1C(C)(C)C. The summed E-state index contributed by atoms with van der Waals surface area (Å²) in [6.45, 7) is 10.1. The summed E-state index contributed by atoms with van der Waals surface area (Å²) in [6, 6.07) is 0. The summed E-state index contributed by atoms with van der Waals surface area (Å²) >= 11 is 0. The lowest BCUT2D eigenvalue weighted by Crippen LogP contribution is -2.47. The summed E-state index contributed by atoms with van der Waals surface area (Å²) in [5, 5.41) is 6.42. The number of hydrazone groups is 1. The minimum absolute atomic E-state index is 0.249. The Hall–Kier alpha value is -0.730. The Kier molecular flexibility index (Phi) is 3.40. The van der Waals surface area contributed by atoms with Crippen molar-refractivity contribution in [1.29, 1.82) is 0 Å². The van der Waals surface area contributed by atoms with Crippen LogP contribution in [0.3, 0.4) is 0 Å². The third-order valence-corrected chi connectivity index (χ3v) is 2.59. The number of hydrogen-bond donors (Lipinski definition) is 0. The van der Waals surface area contributed by atoms with E-state index < -0.39 is 0 Å². The van der Waals surface area contributed by atoms with Crippen molar-refractivity contribution in [2.24, 2.45) is 10.5 Å². The van der Waals surface area contributed by atoms with Gasteiger partial charge >= 0.3 is 0 Å². The fourth-order valence-corrected chi connectivity index (χ4v) is 2.07. The van der Waals surface area contributed by atoms with Crippen molar-refractivity contribution in [2.45, 2.75) is 46.7 Å². The molecule has 0 aliphatic carbocycles. The van der Waals surface area contributed by atoms with Crippen molar-refractivity contribution in [3.63, 3.8) is 0 Å². The third kappa shape index (κ3) is 2.40. The van der Waals surface area contributed by atoms with Crippen LogP contribution < -0.4 is 0 Å². The molecule has 1 heterocycles. The molecule has 1 unspecified atom stereocenters. The van der Waals surface area contributed by atoms with Crippen molar-refractivity contribution in [2.75, 3.05) is 13.6 Å². The number of unbranched alkanes of at least 4 members (excludes halogenated alkanes) is 1. The second-order valence-corrected chi connectivity index (χ2v) is 5.14. The zero-order valence-electron chi connectivity index (χ0n) is 10.1. The summed E-state index contributed by atoms with van der Waals surface area (Å²) in [5.74, 6) is 0. The Balaban J connectivity index is 2.62. The average molecular weight is 197 g/mol. The van der Waals surface area contributed by atoms with Crippen molar-refractivity contribution >= 4 is 6.34 Å². The first-order valence-corrected chi connectivity index (χ1v) is 5.49. The highest BCUT2D eigenvalue weighted by molar-refractivity contribution is 5.57. The lowest BCUT2D eigenvalue weighted by Gasteiger charge is -2.38. The lowest BCUT2D eigenvalue weighted by atomic mass is 9.91. The highest BCUT2D eigenvalue weighted by Crippen LogP contribution is 2.29. The molecule has 82 valence electrons. The fraction of sp³-hybridized carbons (Fsp3) is 0.909. The first kappa shape index (κ1) is 11.3. The van der Waals surface area contributed by atoms with Gasteiger partial charge < -0.3 is 4.90 Å². The number of nitrogens with zero attached hydrogens (tertiary/aromatic N) is 3. The van der Waals surface area contributed by atoms with E-state index in [9.17, 15) is 0 Å². The van der Waals surface area contributed by atoms with Gasteiger partial charge in [-0.3, -0.25) is 5.01 Å². The van der Waals surface area contributed by atoms with Gasteiger partial charge in [-0.25, -0.2) is 0 Å². The van der Waals surface area contributed by atoms with Gasteiger partial charge in [0.2, 0.25) is 0 Å². The average Bonchev–Trinajstić information content (AvgIpc) is 2.42. The largest absolute Gasteiger partial charge is 0.339 e. The number of rotatable bonds is 3. The molecule has 14 heavy (non-hydrogen) atoms. The zero-order valence-corrected chi connectivity index (χ0v) is 10.1. The molecule has 1 aliphatic rings. The molecule has 0 fully saturated rings. The van der Waals surface area contributed by atoms with E-state index in [1.165, 1.54) is 12.8 Å². The topological polar surface area (TPSA) is 18.8 Å². The summed E-state index contributed by atoms with van der Waals surface area (Å²) in [4.78, 5) is 2.35. The summed E-state index contributed by atoms with van der Waals surface area (Å²) in [7, 11) is 2.05. The number of hydrogen-bond acceptors (Lipinski definition) is 3. The maximum atomic E-state index is 4.35. The van der Waals surface area contributed by atoms with Crippen LogP contribution in [-0.2, 0) is 0 Å². The first-order valence-electron chi connectivity index (χ1n) is 5.49. The molecule has 0 bridgehead atoms. The maximum Gasteiger partial charge on any atom is 0.123 e. The molecule has 0 amide bonds. The summed E-state index contributed by atoms with van der Waals surface area (Å²) in [6.07, 6.45) is 4.87. The molecule has 1 aliphatic heterocycles. The van der Waals surface area contributed by atoms with Crippen LogP contribution in [0.15, 0.2) is 5.10 Å². The Morgan fingerprint density at radius 2 is 2.00 bits per heavy atom. The van der Waals surface area contributed by atoms with E-state index in [1.54, 1.807) is 0 Å². The van der Waals surface area contributed by atoms with Crippen molar-refractivity contribution in [1.82, 2.24) is 9.91 Å². The van der Waals surface area contributed by atoms with E-state index in [4.69, 9.17) is 0 Å². The van der Waals surface area contributed by atoms with Gasteiger partial charge in [-0.15, -0.1) is 0 Å². The monoisotopic (exact) mass is 197 g/mol. The van der Waals surface area contributed by atoms with E-state index >= 15 is 0 Å². The van der Waals surface area contributed by atoms with Crippen LogP contribution in [0.2, 0.25) is 0 Å². The van der Waals surface area contributed by atoms with Crippen LogP contribution in [0.4, 0.5) is 0 Å². The third-order valence-electron chi connectivity index (χ3n) is 2.59. The van der Waals surface area contributed by atoms with Crippen LogP contribution in [-0.4, -0.2) is 36.0 Å². The van der Waals surface area contributed by atoms with Crippen molar-refractivity contribution in [3.05, 3.63) is 0 Å². The Morgan fingerprint density at radius 3 is 2.50 bits per heavy atom. The second-order valence-electron chi connectivity index (χ2n) is 5.14. The molecule has 0 aromatic heterocycles. The molecule has 0 radical (unpaired) electrons. The van der Waals surface area contributed by atoms with Gasteiger partial charge in [-0.05, 0) is 6.42 Å². The standard InChI is InChI=1S/C11H23N3/c1-6-7-8-14-9-12-13(5)10(14)11(2,3)4/h9-10H,6-8H2,1-5H3. The Labute approximate surface area is 87.8 Å². The highest BCUT2D eigenvalue weighted by atomic mass is 15.6. The molecular formula is C11H23N3. The molecule has 1 atom stereocenters. The molecule has 0 aromatic rings. The Morgan fingerprint density at radius 1 is 1.36 bits per heavy atom. The van der Waals surface area contributed by atoms with Gasteiger partial charge in [0.1, 0.15) is 12.5 Å². The fourth-order valence-electron chi connectivity index (χ4n) is 2.07. The van der Waals surface area contributed by atoms with Gasteiger partial charge in [0, 0.05) is 19.0 Å². The molecule has 0 spiro atoms. The molecule has 0 saturated carbocycles. The predicted molar refractivity (Wildman–Crippen MR) is 61.1 cm³/mol. The van der Waals surface area contributed by atoms with Crippen LogP contribution in [0, 0.1) is 5.41 Å². The van der Waals surface area contributed by atoms with Crippen LogP contribution >= 0.6 is 0 Å². The molecule has 3 nitrogen and oxygen atoms in total. The van der Waals surface area contributed by atoms with Gasteiger partial charge in [0.25, 0.3) is 0 Å². The zero-order chi connectivity index (χ0) is 10.8. The molecule has 0 N–H and O–H groups in total. The summed E-state index contributed by atoms with van der Waals surface area (Å²) < 4.78 is 0. The first-order chi connectivity index (χ1) is 6.46. The lowest BCUT2D eigenvalue weighted by molar-refractivity contribution is 0.0548. The summed E-state index contributed by atoms with van der Waals surface area (Å²) in [5.41, 5.74) is 0.249. The minimum atomic E-state index is 0.249. The van der Waals surface area contributed by atoms with Gasteiger partial charge in [-0.2, -0.15) is 5.10 Å². The highest BCUT2D eigenvalue weighted by Gasteiger charge is 2.35. The van der Waals surface area contributed by atoms with Gasteiger partial charge in [0.05, 0.1) is 0 Å². The minimum Gasteiger partial charge on any atom is -0.339 e. The quantitative estimate of drug-likeness (QED) is 0.691. The molecule has 0 aromatic carbocycles. The molecule has 3 heteroatoms. The second kappa shape index (κ2) is 4.20. The van der Waals surface area contributed by atoms with E-state index in [0.717, 1.165) is 6.54 Å². The van der Waals surface area contributed by atoms with Crippen molar-refractivity contribution in [3.8, 4) is 0 Å². The van der Waals surface area contributed by atoms with Crippen LogP contribution in [0.1, 0.15) is 40.5 Å². The van der Waals surface area contributed by atoms with Gasteiger partial charge in [-0.1, -0.05) is 34.1 Å². The smallest absolute Gasteiger partial charge is 0.123 e. The van der Waals surface area contributed by atoms with E-state index in [2.05, 4.69) is 49.8 Å². The van der Waals surface area contributed by atoms with E-state index in [-0.39, 0.29) is 5.41 Å². The molecular weight excluding hydrogens is 174 g/mol. The Bertz CT molecular complexity index is 205. The van der Waals surface area contributed by atoms with E-state index in [1.807, 2.05) is 6.34 Å².